The summed E-state index contributed by atoms with van der Waals surface area (Å²) in [5, 5.41) is 22.5. The first-order valence-corrected chi connectivity index (χ1v) is 7.83. The first-order chi connectivity index (χ1) is 9.81. The second kappa shape index (κ2) is 5.83. The van der Waals surface area contributed by atoms with Gasteiger partial charge in [-0.2, -0.15) is 0 Å². The highest BCUT2D eigenvalue weighted by atomic mass is 16.4. The predicted molar refractivity (Wildman–Crippen MR) is 78.0 cm³/mol. The first kappa shape index (κ1) is 16.1. The normalized spacial score (nSPS) is 32.0. The van der Waals surface area contributed by atoms with E-state index in [1.165, 1.54) is 6.92 Å². The second-order valence-electron chi connectivity index (χ2n) is 6.66. The third-order valence-electron chi connectivity index (χ3n) is 5.28. The molecule has 1 saturated carbocycles. The fourth-order valence-corrected chi connectivity index (χ4v) is 3.36. The summed E-state index contributed by atoms with van der Waals surface area (Å²) in [4.78, 5) is 25.3. The van der Waals surface area contributed by atoms with Gasteiger partial charge in [0.25, 0.3) is 0 Å². The Bertz CT molecular complexity index is 428. The number of nitrogens with zero attached hydrogens (tertiary/aromatic N) is 1. The van der Waals surface area contributed by atoms with Gasteiger partial charge in [-0.25, -0.2) is 9.59 Å². The molecule has 2 rings (SSSR count). The zero-order chi connectivity index (χ0) is 15.7. The SMILES string of the molecule is CCC(C)(NC(=O)N1CCC2(O)CCCCC2C1)C(=O)O. The molecule has 0 bridgehead atoms. The largest absolute Gasteiger partial charge is 0.480 e. The minimum atomic E-state index is -1.24. The molecule has 1 aliphatic carbocycles. The summed E-state index contributed by atoms with van der Waals surface area (Å²) in [6, 6.07) is -0.339. The van der Waals surface area contributed by atoms with Crippen molar-refractivity contribution in [1.29, 1.82) is 0 Å². The molecule has 120 valence electrons. The van der Waals surface area contributed by atoms with Crippen LogP contribution >= 0.6 is 0 Å². The fraction of sp³-hybridized carbons (Fsp3) is 0.867. The van der Waals surface area contributed by atoms with E-state index in [1.807, 2.05) is 0 Å². The van der Waals surface area contributed by atoms with Crippen LogP contribution < -0.4 is 5.32 Å². The third-order valence-corrected chi connectivity index (χ3v) is 5.28. The number of carbonyl (C=O) groups is 2. The van der Waals surface area contributed by atoms with E-state index in [4.69, 9.17) is 0 Å². The molecule has 3 N–H and O–H groups in total. The number of hydrogen-bond acceptors (Lipinski definition) is 3. The van der Waals surface area contributed by atoms with E-state index in [1.54, 1.807) is 11.8 Å². The van der Waals surface area contributed by atoms with Crippen molar-refractivity contribution in [1.82, 2.24) is 10.2 Å². The molecule has 0 aromatic carbocycles. The summed E-state index contributed by atoms with van der Waals surface area (Å²) in [6.45, 7) is 4.26. The van der Waals surface area contributed by atoms with Crippen molar-refractivity contribution in [3.63, 3.8) is 0 Å². The zero-order valence-corrected chi connectivity index (χ0v) is 12.9. The monoisotopic (exact) mass is 298 g/mol. The summed E-state index contributed by atoms with van der Waals surface area (Å²) in [6.07, 6.45) is 4.80. The number of amides is 2. The predicted octanol–water partition coefficient (Wildman–Crippen LogP) is 1.58. The van der Waals surface area contributed by atoms with Gasteiger partial charge < -0.3 is 20.4 Å². The number of carboxylic acids is 1. The van der Waals surface area contributed by atoms with Crippen LogP contribution in [0, 0.1) is 5.92 Å². The summed E-state index contributed by atoms with van der Waals surface area (Å²) in [5.74, 6) is -0.909. The fourth-order valence-electron chi connectivity index (χ4n) is 3.36. The Labute approximate surface area is 125 Å². The third kappa shape index (κ3) is 3.15. The molecule has 1 aliphatic heterocycles. The van der Waals surface area contributed by atoms with Gasteiger partial charge in [0, 0.05) is 19.0 Å². The van der Waals surface area contributed by atoms with Gasteiger partial charge in [-0.15, -0.1) is 0 Å². The quantitative estimate of drug-likeness (QED) is 0.738. The Balaban J connectivity index is 2.00. The molecular formula is C15H26N2O4. The maximum absolute atomic E-state index is 12.3. The highest BCUT2D eigenvalue weighted by Crippen LogP contribution is 2.39. The number of hydrogen-bond donors (Lipinski definition) is 3. The highest BCUT2D eigenvalue weighted by molar-refractivity contribution is 5.85. The van der Waals surface area contributed by atoms with Gasteiger partial charge in [-0.05, 0) is 32.6 Å². The van der Waals surface area contributed by atoms with E-state index in [0.717, 1.165) is 25.7 Å². The first-order valence-electron chi connectivity index (χ1n) is 7.83. The Morgan fingerprint density at radius 2 is 2.10 bits per heavy atom. The number of fused-ring (bicyclic) bond motifs is 1. The number of aliphatic carboxylic acids is 1. The van der Waals surface area contributed by atoms with Crippen molar-refractivity contribution in [2.24, 2.45) is 5.92 Å². The number of aliphatic hydroxyl groups is 1. The number of piperidine rings is 1. The van der Waals surface area contributed by atoms with Crippen LogP contribution in [0.15, 0.2) is 0 Å². The molecule has 1 saturated heterocycles. The minimum Gasteiger partial charge on any atom is -0.480 e. The van der Waals surface area contributed by atoms with E-state index in [0.29, 0.717) is 25.9 Å². The molecule has 6 heteroatoms. The average molecular weight is 298 g/mol. The molecule has 2 amide bonds. The maximum atomic E-state index is 12.3. The summed E-state index contributed by atoms with van der Waals surface area (Å²) in [7, 11) is 0. The Morgan fingerprint density at radius 1 is 1.38 bits per heavy atom. The van der Waals surface area contributed by atoms with Crippen molar-refractivity contribution in [3.8, 4) is 0 Å². The number of urea groups is 1. The van der Waals surface area contributed by atoms with E-state index in [-0.39, 0.29) is 11.9 Å². The van der Waals surface area contributed by atoms with E-state index >= 15 is 0 Å². The van der Waals surface area contributed by atoms with Crippen LogP contribution in [0.5, 0.6) is 0 Å². The van der Waals surface area contributed by atoms with Crippen LogP contribution in [0.2, 0.25) is 0 Å². The molecule has 6 nitrogen and oxygen atoms in total. The smallest absolute Gasteiger partial charge is 0.329 e. The number of likely N-dealkylation sites (tertiary alicyclic amines) is 1. The van der Waals surface area contributed by atoms with Gasteiger partial charge in [0.05, 0.1) is 5.60 Å². The number of nitrogens with one attached hydrogen (secondary N) is 1. The zero-order valence-electron chi connectivity index (χ0n) is 12.9. The summed E-state index contributed by atoms with van der Waals surface area (Å²) < 4.78 is 0. The molecule has 0 aromatic heterocycles. The highest BCUT2D eigenvalue weighted by Gasteiger charge is 2.44. The topological polar surface area (TPSA) is 89.9 Å². The molecule has 0 aromatic rings. The Hall–Kier alpha value is -1.30. The summed E-state index contributed by atoms with van der Waals surface area (Å²) in [5.41, 5.74) is -1.87. The molecule has 2 aliphatic rings. The van der Waals surface area contributed by atoms with Crippen LogP contribution in [-0.4, -0.2) is 51.3 Å². The van der Waals surface area contributed by atoms with Crippen LogP contribution in [0.25, 0.3) is 0 Å². The van der Waals surface area contributed by atoms with E-state index in [9.17, 15) is 19.8 Å². The van der Waals surface area contributed by atoms with Crippen molar-refractivity contribution in [2.75, 3.05) is 13.1 Å². The molecule has 1 heterocycles. The molecule has 0 radical (unpaired) electrons. The van der Waals surface area contributed by atoms with Crippen molar-refractivity contribution < 1.29 is 19.8 Å². The Morgan fingerprint density at radius 3 is 2.71 bits per heavy atom. The molecule has 0 spiro atoms. The summed E-state index contributed by atoms with van der Waals surface area (Å²) >= 11 is 0. The van der Waals surface area contributed by atoms with Gasteiger partial charge in [-0.1, -0.05) is 19.8 Å². The van der Waals surface area contributed by atoms with E-state index in [2.05, 4.69) is 5.32 Å². The molecular weight excluding hydrogens is 272 g/mol. The van der Waals surface area contributed by atoms with Crippen molar-refractivity contribution in [2.45, 2.75) is 63.5 Å². The van der Waals surface area contributed by atoms with Crippen LogP contribution in [0.4, 0.5) is 4.79 Å². The minimum absolute atomic E-state index is 0.114. The van der Waals surface area contributed by atoms with Gasteiger partial charge in [-0.3, -0.25) is 0 Å². The Kier molecular flexibility index (Phi) is 4.46. The lowest BCUT2D eigenvalue weighted by Gasteiger charge is -2.47. The van der Waals surface area contributed by atoms with Crippen molar-refractivity contribution >= 4 is 12.0 Å². The number of rotatable bonds is 3. The van der Waals surface area contributed by atoms with Crippen LogP contribution in [0.3, 0.4) is 0 Å². The van der Waals surface area contributed by atoms with Crippen LogP contribution in [0.1, 0.15) is 52.4 Å². The lowest BCUT2D eigenvalue weighted by Crippen LogP contribution is -2.60. The lowest BCUT2D eigenvalue weighted by atomic mass is 9.71. The van der Waals surface area contributed by atoms with Gasteiger partial charge >= 0.3 is 12.0 Å². The number of carbonyl (C=O) groups excluding carboxylic acids is 1. The molecule has 3 unspecified atom stereocenters. The van der Waals surface area contributed by atoms with Crippen LogP contribution in [-0.2, 0) is 4.79 Å². The van der Waals surface area contributed by atoms with Gasteiger partial charge in [0.1, 0.15) is 5.54 Å². The molecule has 3 atom stereocenters. The average Bonchev–Trinajstić information content (AvgIpc) is 2.45. The molecule has 21 heavy (non-hydrogen) atoms. The lowest BCUT2D eigenvalue weighted by molar-refractivity contribution is -0.144. The van der Waals surface area contributed by atoms with Crippen molar-refractivity contribution in [3.05, 3.63) is 0 Å². The molecule has 2 fully saturated rings. The number of carboxylic acid groups (broad SMARTS) is 1. The van der Waals surface area contributed by atoms with E-state index < -0.39 is 17.1 Å². The maximum Gasteiger partial charge on any atom is 0.329 e. The standard InChI is InChI=1S/C15H26N2O4/c1-3-14(2,12(18)19)16-13(20)17-9-8-15(21)7-5-4-6-11(15)10-17/h11,21H,3-10H2,1-2H3,(H,16,20)(H,18,19). The van der Waals surface area contributed by atoms with Gasteiger partial charge in [0.15, 0.2) is 0 Å². The second-order valence-corrected chi connectivity index (χ2v) is 6.66. The van der Waals surface area contributed by atoms with Gasteiger partial charge in [0.2, 0.25) is 0 Å².